The van der Waals surface area contributed by atoms with Crippen LogP contribution in [0, 0.1) is 41.4 Å². The lowest BCUT2D eigenvalue weighted by Gasteiger charge is -2.46. The lowest BCUT2D eigenvalue weighted by Crippen LogP contribution is -2.46. The van der Waals surface area contributed by atoms with Gasteiger partial charge in [0.15, 0.2) is 5.78 Å². The van der Waals surface area contributed by atoms with Crippen molar-refractivity contribution < 1.29 is 24.2 Å². The Morgan fingerprint density at radius 1 is 1.06 bits per heavy atom. The molecule has 6 heteroatoms. The third kappa shape index (κ3) is 3.99. The zero-order valence-electron chi connectivity index (χ0n) is 19.3. The molecule has 3 unspecified atom stereocenters. The van der Waals surface area contributed by atoms with Crippen LogP contribution in [0.4, 0.5) is 0 Å². The second-order valence-corrected chi connectivity index (χ2v) is 10.6. The van der Waals surface area contributed by atoms with Crippen molar-refractivity contribution in [3.63, 3.8) is 0 Å². The molecule has 1 saturated carbocycles. The van der Waals surface area contributed by atoms with Crippen molar-refractivity contribution >= 4 is 23.4 Å². The summed E-state index contributed by atoms with van der Waals surface area (Å²) in [6, 6.07) is 0. The first-order valence-electron chi connectivity index (χ1n) is 11.6. The number of carbonyl (C=O) groups is 2. The summed E-state index contributed by atoms with van der Waals surface area (Å²) in [6.07, 6.45) is 12.6. The third-order valence-electron chi connectivity index (χ3n) is 7.89. The fourth-order valence-electron chi connectivity index (χ4n) is 6.07. The topological polar surface area (TPSA) is 76.1 Å². The Balaban J connectivity index is 1.79. The Morgan fingerprint density at radius 2 is 1.75 bits per heavy atom. The highest BCUT2D eigenvalue weighted by Gasteiger charge is 2.64. The number of carbonyl (C=O) groups excluding carboxylic acids is 2. The smallest absolute Gasteiger partial charge is 0.317 e. The largest absolute Gasteiger partial charge is 0.510 e. The van der Waals surface area contributed by atoms with Crippen molar-refractivity contribution in [2.24, 2.45) is 41.4 Å². The molecule has 0 spiro atoms. The number of esters is 1. The summed E-state index contributed by atoms with van der Waals surface area (Å²) in [7, 11) is 0. The molecule has 2 aliphatic carbocycles. The highest BCUT2D eigenvalue weighted by Crippen LogP contribution is 2.60. The molecule has 0 aromatic heterocycles. The quantitative estimate of drug-likeness (QED) is 0.235. The Morgan fingerprint density at radius 3 is 2.47 bits per heavy atom. The van der Waals surface area contributed by atoms with Crippen LogP contribution in [-0.4, -0.2) is 34.7 Å². The number of rotatable bonds is 0. The maximum atomic E-state index is 13.0. The van der Waals surface area contributed by atoms with Gasteiger partial charge in [-0.25, -0.2) is 0 Å². The maximum absolute atomic E-state index is 13.0. The van der Waals surface area contributed by atoms with E-state index in [0.29, 0.717) is 0 Å². The van der Waals surface area contributed by atoms with E-state index in [1.807, 2.05) is 12.2 Å². The average molecular weight is 461 g/mol. The van der Waals surface area contributed by atoms with Gasteiger partial charge >= 0.3 is 5.97 Å². The van der Waals surface area contributed by atoms with Crippen molar-refractivity contribution in [1.29, 1.82) is 0 Å². The average Bonchev–Trinajstić information content (AvgIpc) is 3.44. The maximum Gasteiger partial charge on any atom is 0.317 e. The molecule has 1 saturated heterocycles. The molecule has 0 amide bonds. The lowest BCUT2D eigenvalue weighted by atomic mass is 9.57. The van der Waals surface area contributed by atoms with Crippen molar-refractivity contribution in [3.05, 3.63) is 47.2 Å². The van der Waals surface area contributed by atoms with Gasteiger partial charge in [-0.3, -0.25) is 9.59 Å². The van der Waals surface area contributed by atoms with Crippen LogP contribution < -0.4 is 0 Å². The highest BCUT2D eigenvalue weighted by atomic mass is 35.5. The van der Waals surface area contributed by atoms with E-state index in [1.54, 1.807) is 13.0 Å². The SMILES string of the molecule is CC1C2C3C(O)=C(Cl)C(=O)[C@H](C)C(=O)O[C@@H](C)/C=C/C=C\[C@@H](C)[C@@H]3C=C[C@@H]2C[C@@]2(C)O[C@@H]12. The van der Waals surface area contributed by atoms with E-state index >= 15 is 0 Å². The predicted molar refractivity (Wildman–Crippen MR) is 123 cm³/mol. The number of cyclic esters (lactones) is 1. The summed E-state index contributed by atoms with van der Waals surface area (Å²) >= 11 is 6.49. The summed E-state index contributed by atoms with van der Waals surface area (Å²) < 4.78 is 11.4. The minimum atomic E-state index is -1.09. The minimum absolute atomic E-state index is 0.0318. The number of epoxide rings is 1. The van der Waals surface area contributed by atoms with Crippen LogP contribution in [-0.2, 0) is 19.1 Å². The second-order valence-electron chi connectivity index (χ2n) is 10.2. The molecule has 5 nitrogen and oxygen atoms in total. The standard InChI is InChI=1S/C26H33ClO5/c1-13-8-6-7-9-14(2)31-25(30)16(4)22(28)21(27)23(29)20-18(13)11-10-17-12-26(5)24(32-26)15(3)19(17)20/h6-11,13-20,24,29H,12H2,1-5H3/b8-6-,9-7+,23-21?/t13-,14+,15?,16+,17-,18+,19?,20?,24+,26-/m1/s1. The van der Waals surface area contributed by atoms with Crippen molar-refractivity contribution in [2.45, 2.75) is 58.8 Å². The Hall–Kier alpha value is -1.85. The van der Waals surface area contributed by atoms with Gasteiger partial charge in [0, 0.05) is 5.92 Å². The molecule has 174 valence electrons. The van der Waals surface area contributed by atoms with Crippen molar-refractivity contribution in [2.75, 3.05) is 0 Å². The molecule has 2 heterocycles. The molecular formula is C26H33ClO5. The van der Waals surface area contributed by atoms with Gasteiger partial charge in [-0.1, -0.05) is 55.8 Å². The van der Waals surface area contributed by atoms with E-state index in [-0.39, 0.29) is 58.0 Å². The molecule has 0 aromatic rings. The lowest BCUT2D eigenvalue weighted by molar-refractivity contribution is -0.152. The number of Topliss-reactive ketones (excluding diaryl/α,β-unsaturated/α-hetero) is 1. The number of halogens is 1. The van der Waals surface area contributed by atoms with Gasteiger partial charge < -0.3 is 14.6 Å². The first-order chi connectivity index (χ1) is 15.0. The molecule has 0 bridgehead atoms. The van der Waals surface area contributed by atoms with Crippen LogP contribution in [0.3, 0.4) is 0 Å². The fourth-order valence-corrected chi connectivity index (χ4v) is 6.36. The van der Waals surface area contributed by atoms with Gasteiger partial charge in [-0.05, 0) is 62.9 Å². The van der Waals surface area contributed by atoms with Crippen LogP contribution >= 0.6 is 11.6 Å². The molecule has 2 fully saturated rings. The van der Waals surface area contributed by atoms with E-state index in [1.165, 1.54) is 6.92 Å². The van der Waals surface area contributed by atoms with Crippen molar-refractivity contribution in [1.82, 2.24) is 0 Å². The molecule has 2 aliphatic heterocycles. The van der Waals surface area contributed by atoms with E-state index in [9.17, 15) is 14.7 Å². The number of hydrogen-bond donors (Lipinski definition) is 1. The van der Waals surface area contributed by atoms with Crippen LogP contribution in [0.15, 0.2) is 47.2 Å². The molecule has 32 heavy (non-hydrogen) atoms. The van der Waals surface area contributed by atoms with Crippen LogP contribution in [0.2, 0.25) is 0 Å². The summed E-state index contributed by atoms with van der Waals surface area (Å²) in [6.45, 7) is 9.64. The first-order valence-corrected chi connectivity index (χ1v) is 12.0. The number of allylic oxidation sites excluding steroid dienone is 7. The van der Waals surface area contributed by atoms with Gasteiger partial charge in [-0.2, -0.15) is 0 Å². The number of ketones is 1. The monoisotopic (exact) mass is 460 g/mol. The van der Waals surface area contributed by atoms with E-state index < -0.39 is 23.8 Å². The van der Waals surface area contributed by atoms with Gasteiger partial charge in [-0.15, -0.1) is 0 Å². The second kappa shape index (κ2) is 8.49. The van der Waals surface area contributed by atoms with E-state index in [0.717, 1.165) is 6.42 Å². The molecule has 0 radical (unpaired) electrons. The number of hydrogen-bond acceptors (Lipinski definition) is 5. The normalized spacial score (nSPS) is 48.6. The summed E-state index contributed by atoms with van der Waals surface area (Å²) in [5.41, 5.74) is -0.108. The molecular weight excluding hydrogens is 428 g/mol. The number of ether oxygens (including phenoxy) is 2. The van der Waals surface area contributed by atoms with Gasteiger partial charge in [0.05, 0.1) is 11.7 Å². The van der Waals surface area contributed by atoms with Gasteiger partial charge in [0.1, 0.15) is 22.8 Å². The van der Waals surface area contributed by atoms with E-state index in [4.69, 9.17) is 21.1 Å². The Bertz CT molecular complexity index is 917. The Labute approximate surface area is 195 Å². The number of aliphatic hydroxyl groups is 1. The fraction of sp³-hybridized carbons (Fsp3) is 0.615. The Kier molecular flexibility index (Phi) is 6.19. The highest BCUT2D eigenvalue weighted by molar-refractivity contribution is 6.44. The summed E-state index contributed by atoms with van der Waals surface area (Å²) in [4.78, 5) is 25.5. The molecule has 10 atom stereocenters. The summed E-state index contributed by atoms with van der Waals surface area (Å²) in [5, 5.41) is 11.2. The van der Waals surface area contributed by atoms with Crippen LogP contribution in [0.5, 0.6) is 0 Å². The number of fused-ring (bicyclic) bond motifs is 4. The molecule has 4 rings (SSSR count). The molecule has 4 aliphatic rings. The first kappa shape index (κ1) is 23.3. The van der Waals surface area contributed by atoms with Gasteiger partial charge in [0.25, 0.3) is 0 Å². The predicted octanol–water partition coefficient (Wildman–Crippen LogP) is 5.13. The third-order valence-corrected chi connectivity index (χ3v) is 8.27. The van der Waals surface area contributed by atoms with Crippen LogP contribution in [0.25, 0.3) is 0 Å². The number of aliphatic hydroxyl groups excluding tert-OH is 1. The van der Waals surface area contributed by atoms with Crippen molar-refractivity contribution in [3.8, 4) is 0 Å². The summed E-state index contributed by atoms with van der Waals surface area (Å²) in [5.74, 6) is -2.21. The molecule has 0 aromatic carbocycles. The minimum Gasteiger partial charge on any atom is -0.510 e. The zero-order valence-corrected chi connectivity index (χ0v) is 20.1. The zero-order chi connectivity index (χ0) is 23.4. The van der Waals surface area contributed by atoms with E-state index in [2.05, 4.69) is 39.0 Å². The molecule has 1 N–H and O–H groups in total. The van der Waals surface area contributed by atoms with Crippen LogP contribution in [0.1, 0.15) is 41.0 Å². The van der Waals surface area contributed by atoms with Gasteiger partial charge in [0.2, 0.25) is 0 Å².